The fourth-order valence-corrected chi connectivity index (χ4v) is 1.69. The first kappa shape index (κ1) is 9.08. The minimum Gasteiger partial charge on any atom is -0.488 e. The largest absolute Gasteiger partial charge is 0.488 e. The van der Waals surface area contributed by atoms with Crippen molar-refractivity contribution in [1.82, 2.24) is 0 Å². The van der Waals surface area contributed by atoms with Gasteiger partial charge in [0.25, 0.3) is 0 Å². The maximum Gasteiger partial charge on any atom is 0.335 e. The predicted molar refractivity (Wildman–Crippen MR) is 53.7 cm³/mol. The van der Waals surface area contributed by atoms with Crippen LogP contribution in [-0.4, -0.2) is 24.5 Å². The molecule has 1 N–H and O–H groups in total. The van der Waals surface area contributed by atoms with Gasteiger partial charge in [0.05, 0.1) is 5.57 Å². The fraction of sp³-hybridized carbons (Fsp3) is 0.182. The summed E-state index contributed by atoms with van der Waals surface area (Å²) >= 11 is 0. The molecule has 1 aromatic carbocycles. The van der Waals surface area contributed by atoms with E-state index in [0.29, 0.717) is 22.8 Å². The van der Waals surface area contributed by atoms with Crippen molar-refractivity contribution in [3.8, 4) is 17.2 Å². The number of fused-ring (bicyclic) bond motifs is 2. The van der Waals surface area contributed by atoms with Gasteiger partial charge in [-0.3, -0.25) is 0 Å². The van der Waals surface area contributed by atoms with E-state index in [-0.39, 0.29) is 19.0 Å². The lowest BCUT2D eigenvalue weighted by Crippen LogP contribution is -2.14. The van der Waals surface area contributed by atoms with Crippen molar-refractivity contribution >= 4 is 12.0 Å². The SMILES string of the molecule is O=C(O)C1=Cc2cc3c(cc2OC1)OCO3. The second-order valence-electron chi connectivity index (χ2n) is 3.51. The Morgan fingerprint density at radius 1 is 1.12 bits per heavy atom. The molecule has 0 aromatic heterocycles. The molecule has 1 aromatic rings. The maximum atomic E-state index is 10.8. The van der Waals surface area contributed by atoms with Gasteiger partial charge in [0, 0.05) is 11.6 Å². The number of carboxylic acid groups (broad SMARTS) is 1. The molecule has 0 fully saturated rings. The molecule has 0 aliphatic carbocycles. The summed E-state index contributed by atoms with van der Waals surface area (Å²) in [6.45, 7) is 0.260. The van der Waals surface area contributed by atoms with Crippen LogP contribution in [0.2, 0.25) is 0 Å². The molecule has 0 bridgehead atoms. The van der Waals surface area contributed by atoms with Crippen molar-refractivity contribution in [2.75, 3.05) is 13.4 Å². The Morgan fingerprint density at radius 2 is 1.88 bits per heavy atom. The van der Waals surface area contributed by atoms with E-state index in [4.69, 9.17) is 19.3 Å². The van der Waals surface area contributed by atoms with E-state index in [1.54, 1.807) is 18.2 Å². The summed E-state index contributed by atoms with van der Waals surface area (Å²) in [7, 11) is 0. The zero-order valence-corrected chi connectivity index (χ0v) is 8.23. The summed E-state index contributed by atoms with van der Waals surface area (Å²) in [6.07, 6.45) is 1.59. The van der Waals surface area contributed by atoms with E-state index in [1.807, 2.05) is 0 Å². The summed E-state index contributed by atoms with van der Waals surface area (Å²) in [5.74, 6) is 0.897. The zero-order valence-electron chi connectivity index (χ0n) is 8.23. The second kappa shape index (κ2) is 3.16. The molecule has 5 heteroatoms. The number of benzene rings is 1. The molecule has 0 radical (unpaired) electrons. The van der Waals surface area contributed by atoms with Gasteiger partial charge in [-0.15, -0.1) is 0 Å². The first-order chi connectivity index (χ1) is 7.74. The van der Waals surface area contributed by atoms with Crippen molar-refractivity contribution in [3.05, 3.63) is 23.3 Å². The molecule has 0 unspecified atom stereocenters. The summed E-state index contributed by atoms with van der Waals surface area (Å²) in [5, 5.41) is 8.85. The van der Waals surface area contributed by atoms with Crippen LogP contribution in [0, 0.1) is 0 Å². The highest BCUT2D eigenvalue weighted by atomic mass is 16.7. The molecule has 0 saturated heterocycles. The quantitative estimate of drug-likeness (QED) is 0.772. The monoisotopic (exact) mass is 220 g/mol. The summed E-state index contributed by atoms with van der Waals surface area (Å²) in [4.78, 5) is 10.8. The molecule has 2 aliphatic rings. The number of carboxylic acids is 1. The molecule has 0 atom stereocenters. The van der Waals surface area contributed by atoms with Gasteiger partial charge in [0.15, 0.2) is 11.5 Å². The van der Waals surface area contributed by atoms with Crippen LogP contribution in [0.5, 0.6) is 17.2 Å². The van der Waals surface area contributed by atoms with Crippen LogP contribution in [-0.2, 0) is 4.79 Å². The Labute approximate surface area is 90.9 Å². The molecule has 0 spiro atoms. The topological polar surface area (TPSA) is 65.0 Å². The van der Waals surface area contributed by atoms with E-state index < -0.39 is 5.97 Å². The predicted octanol–water partition coefficient (Wildman–Crippen LogP) is 1.28. The first-order valence-electron chi connectivity index (χ1n) is 4.74. The second-order valence-corrected chi connectivity index (χ2v) is 3.51. The van der Waals surface area contributed by atoms with Gasteiger partial charge < -0.3 is 19.3 Å². The standard InChI is InChI=1S/C11H8O5/c12-11(13)7-1-6-2-9-10(16-5-15-9)3-8(6)14-4-7/h1-3H,4-5H2,(H,12,13). The maximum absolute atomic E-state index is 10.8. The molecule has 16 heavy (non-hydrogen) atoms. The third kappa shape index (κ3) is 1.29. The van der Waals surface area contributed by atoms with Crippen molar-refractivity contribution in [3.63, 3.8) is 0 Å². The Bertz CT molecular complexity index is 503. The zero-order chi connectivity index (χ0) is 11.1. The summed E-state index contributed by atoms with van der Waals surface area (Å²) < 4.78 is 15.7. The average molecular weight is 220 g/mol. The van der Waals surface area contributed by atoms with Crippen LogP contribution in [0.25, 0.3) is 6.08 Å². The van der Waals surface area contributed by atoms with E-state index >= 15 is 0 Å². The third-order valence-corrected chi connectivity index (χ3v) is 2.49. The Kier molecular flexibility index (Phi) is 1.80. The van der Waals surface area contributed by atoms with Crippen LogP contribution in [0.15, 0.2) is 17.7 Å². The normalized spacial score (nSPS) is 16.1. The van der Waals surface area contributed by atoms with Gasteiger partial charge >= 0.3 is 5.97 Å². The lowest BCUT2D eigenvalue weighted by molar-refractivity contribution is -0.132. The van der Waals surface area contributed by atoms with E-state index in [1.165, 1.54) is 0 Å². The lowest BCUT2D eigenvalue weighted by Gasteiger charge is -2.15. The number of hydrogen-bond donors (Lipinski definition) is 1. The highest BCUT2D eigenvalue weighted by Crippen LogP contribution is 2.40. The minimum absolute atomic E-state index is 0.0714. The Hall–Kier alpha value is -2.17. The van der Waals surface area contributed by atoms with E-state index in [0.717, 1.165) is 0 Å². The van der Waals surface area contributed by atoms with Gasteiger partial charge in [-0.05, 0) is 12.1 Å². The van der Waals surface area contributed by atoms with Gasteiger partial charge in [-0.1, -0.05) is 0 Å². The molecule has 2 aliphatic heterocycles. The van der Waals surface area contributed by atoms with E-state index in [9.17, 15) is 4.79 Å². The fourth-order valence-electron chi connectivity index (χ4n) is 1.69. The van der Waals surface area contributed by atoms with Crippen molar-refractivity contribution in [2.24, 2.45) is 0 Å². The highest BCUT2D eigenvalue weighted by molar-refractivity contribution is 5.94. The van der Waals surface area contributed by atoms with E-state index in [2.05, 4.69) is 0 Å². The average Bonchev–Trinajstić information content (AvgIpc) is 2.71. The molecule has 2 heterocycles. The molecule has 82 valence electrons. The number of carbonyl (C=O) groups is 1. The number of rotatable bonds is 1. The van der Waals surface area contributed by atoms with Crippen LogP contribution in [0.4, 0.5) is 0 Å². The van der Waals surface area contributed by atoms with Crippen molar-refractivity contribution in [1.29, 1.82) is 0 Å². The van der Waals surface area contributed by atoms with Crippen LogP contribution in [0.3, 0.4) is 0 Å². The first-order valence-corrected chi connectivity index (χ1v) is 4.74. The number of hydrogen-bond acceptors (Lipinski definition) is 4. The Morgan fingerprint density at radius 3 is 2.62 bits per heavy atom. The third-order valence-electron chi connectivity index (χ3n) is 2.49. The summed E-state index contributed by atoms with van der Waals surface area (Å²) in [6, 6.07) is 3.44. The molecule has 5 nitrogen and oxygen atoms in total. The van der Waals surface area contributed by atoms with Crippen LogP contribution >= 0.6 is 0 Å². The molecule has 0 amide bonds. The smallest absolute Gasteiger partial charge is 0.335 e. The molecule has 0 saturated carbocycles. The van der Waals surface area contributed by atoms with Gasteiger partial charge in [0.1, 0.15) is 12.4 Å². The van der Waals surface area contributed by atoms with Gasteiger partial charge in [0.2, 0.25) is 6.79 Å². The molecular formula is C11H8O5. The van der Waals surface area contributed by atoms with Gasteiger partial charge in [-0.2, -0.15) is 0 Å². The highest BCUT2D eigenvalue weighted by Gasteiger charge is 2.22. The molecule has 3 rings (SSSR count). The minimum atomic E-state index is -0.969. The summed E-state index contributed by atoms with van der Waals surface area (Å²) in [5.41, 5.74) is 0.930. The number of aliphatic carboxylic acids is 1. The molecular weight excluding hydrogens is 212 g/mol. The van der Waals surface area contributed by atoms with Crippen molar-refractivity contribution < 1.29 is 24.1 Å². The van der Waals surface area contributed by atoms with Gasteiger partial charge in [-0.25, -0.2) is 4.79 Å². The van der Waals surface area contributed by atoms with Crippen LogP contribution in [0.1, 0.15) is 5.56 Å². The Balaban J connectivity index is 2.09. The number of ether oxygens (including phenoxy) is 3. The van der Waals surface area contributed by atoms with Crippen molar-refractivity contribution in [2.45, 2.75) is 0 Å². The van der Waals surface area contributed by atoms with Crippen LogP contribution < -0.4 is 14.2 Å². The lowest BCUT2D eigenvalue weighted by atomic mass is 10.1.